The molecule has 200 valence electrons. The average molecular weight is 523 g/mol. The number of benzene rings is 2. The molecule has 1 saturated heterocycles. The molecule has 3 aromatic heterocycles. The molecule has 1 amide bonds. The molecule has 0 radical (unpaired) electrons. The zero-order chi connectivity index (χ0) is 27.1. The lowest BCUT2D eigenvalue weighted by Gasteiger charge is -2.31. The van der Waals surface area contributed by atoms with Crippen molar-refractivity contribution in [2.75, 3.05) is 39.5 Å². The topological polar surface area (TPSA) is 97.6 Å². The maximum Gasteiger partial charge on any atom is 0.236 e. The molecule has 0 aliphatic carbocycles. The number of aromatic nitrogens is 5. The number of amides is 1. The number of hydrogen-bond donors (Lipinski definition) is 1. The monoisotopic (exact) mass is 522 g/mol. The van der Waals surface area contributed by atoms with E-state index in [1.165, 1.54) is 11.9 Å². The van der Waals surface area contributed by atoms with Gasteiger partial charge in [0, 0.05) is 42.4 Å². The Bertz CT molecular complexity index is 1640. The molecule has 6 rings (SSSR count). The highest BCUT2D eigenvalue weighted by Crippen LogP contribution is 2.37. The number of nitrogens with zero attached hydrogens (tertiary/aromatic N) is 7. The molecule has 39 heavy (non-hydrogen) atoms. The SMILES string of the molecule is Cc1c2ccc(-c3cc(C4CCN(CC(=O)N(C)C)CC4)n4ncnc(N)c34)cc2nn1Cc1ccccc1. The standard InChI is InChI=1S/C30H34N8O/c1-20-24-10-9-23(15-26(24)34-37(20)17-21-7-5-4-6-8-21)25-16-27(38-29(25)30(31)32-19-33-38)22-11-13-36(14-12-22)18-28(39)35(2)3/h4-10,15-16,19,22H,11-14,17-18H2,1-3H3,(H2,31,32,33). The van der Waals surface area contributed by atoms with E-state index in [9.17, 15) is 4.79 Å². The fraction of sp³-hybridized carbons (Fsp3) is 0.333. The summed E-state index contributed by atoms with van der Waals surface area (Å²) >= 11 is 0. The molecule has 2 aromatic carbocycles. The molecular formula is C30H34N8O. The summed E-state index contributed by atoms with van der Waals surface area (Å²) in [5.41, 5.74) is 13.8. The summed E-state index contributed by atoms with van der Waals surface area (Å²) < 4.78 is 4.03. The number of aryl methyl sites for hydroxylation is 1. The maximum absolute atomic E-state index is 12.2. The zero-order valence-corrected chi connectivity index (χ0v) is 22.7. The zero-order valence-electron chi connectivity index (χ0n) is 22.7. The number of carbonyl (C=O) groups is 1. The van der Waals surface area contributed by atoms with Crippen molar-refractivity contribution in [3.05, 3.63) is 77.9 Å². The smallest absolute Gasteiger partial charge is 0.236 e. The molecule has 0 spiro atoms. The first-order valence-corrected chi connectivity index (χ1v) is 13.4. The predicted octanol–water partition coefficient (Wildman–Crippen LogP) is 3.95. The van der Waals surface area contributed by atoms with Crippen molar-refractivity contribution in [3.63, 3.8) is 0 Å². The summed E-state index contributed by atoms with van der Waals surface area (Å²) in [5.74, 6) is 0.926. The molecule has 1 fully saturated rings. The normalized spacial score (nSPS) is 14.8. The van der Waals surface area contributed by atoms with Gasteiger partial charge >= 0.3 is 0 Å². The number of fused-ring (bicyclic) bond motifs is 2. The minimum absolute atomic E-state index is 0.140. The Balaban J connectivity index is 1.33. The first-order chi connectivity index (χ1) is 18.9. The van der Waals surface area contributed by atoms with Crippen molar-refractivity contribution in [2.24, 2.45) is 0 Å². The van der Waals surface area contributed by atoms with E-state index in [0.717, 1.165) is 71.4 Å². The number of anilines is 1. The summed E-state index contributed by atoms with van der Waals surface area (Å²) in [6, 6.07) is 19.1. The molecule has 5 aromatic rings. The number of piperidine rings is 1. The molecule has 1 aliphatic heterocycles. The van der Waals surface area contributed by atoms with Crippen molar-refractivity contribution in [1.82, 2.24) is 34.2 Å². The van der Waals surface area contributed by atoms with Crippen LogP contribution in [0.15, 0.2) is 60.9 Å². The molecule has 9 heteroatoms. The van der Waals surface area contributed by atoms with E-state index in [4.69, 9.17) is 10.8 Å². The number of likely N-dealkylation sites (tertiary alicyclic amines) is 1. The Kier molecular flexibility index (Phi) is 6.52. The van der Waals surface area contributed by atoms with Gasteiger partial charge in [0.2, 0.25) is 5.91 Å². The van der Waals surface area contributed by atoms with Crippen LogP contribution in [0, 0.1) is 6.92 Å². The number of nitrogen functional groups attached to an aromatic ring is 1. The molecule has 1 aliphatic rings. The van der Waals surface area contributed by atoms with E-state index in [2.05, 4.69) is 75.1 Å². The van der Waals surface area contributed by atoms with Crippen molar-refractivity contribution in [2.45, 2.75) is 32.2 Å². The Morgan fingerprint density at radius 1 is 1.08 bits per heavy atom. The van der Waals surface area contributed by atoms with Gasteiger partial charge in [0.15, 0.2) is 5.82 Å². The minimum atomic E-state index is 0.140. The van der Waals surface area contributed by atoms with E-state index >= 15 is 0 Å². The molecule has 2 N–H and O–H groups in total. The summed E-state index contributed by atoms with van der Waals surface area (Å²) in [7, 11) is 3.61. The molecule has 4 heterocycles. The maximum atomic E-state index is 12.2. The van der Waals surface area contributed by atoms with Crippen LogP contribution < -0.4 is 5.73 Å². The second kappa shape index (κ2) is 10.1. The van der Waals surface area contributed by atoms with E-state index in [1.807, 2.05) is 10.6 Å². The molecular weight excluding hydrogens is 488 g/mol. The lowest BCUT2D eigenvalue weighted by molar-refractivity contribution is -0.130. The van der Waals surface area contributed by atoms with Gasteiger partial charge in [-0.05, 0) is 56.1 Å². The summed E-state index contributed by atoms with van der Waals surface area (Å²) in [6.07, 6.45) is 3.44. The molecule has 0 unspecified atom stereocenters. The average Bonchev–Trinajstić information content (AvgIpc) is 3.48. The van der Waals surface area contributed by atoms with Crippen molar-refractivity contribution < 1.29 is 4.79 Å². The second-order valence-electron chi connectivity index (χ2n) is 10.7. The first kappa shape index (κ1) is 25.1. The molecule has 0 saturated carbocycles. The van der Waals surface area contributed by atoms with E-state index in [1.54, 1.807) is 19.0 Å². The Morgan fingerprint density at radius 2 is 1.85 bits per heavy atom. The lowest BCUT2D eigenvalue weighted by Crippen LogP contribution is -2.40. The summed E-state index contributed by atoms with van der Waals surface area (Å²) in [5, 5.41) is 10.7. The summed E-state index contributed by atoms with van der Waals surface area (Å²) in [6.45, 7) is 5.06. The van der Waals surface area contributed by atoms with Gasteiger partial charge in [0.05, 0.1) is 18.6 Å². The Morgan fingerprint density at radius 3 is 2.59 bits per heavy atom. The van der Waals surface area contributed by atoms with Gasteiger partial charge in [0.1, 0.15) is 11.8 Å². The van der Waals surface area contributed by atoms with Gasteiger partial charge in [-0.3, -0.25) is 14.4 Å². The van der Waals surface area contributed by atoms with Crippen LogP contribution in [0.5, 0.6) is 0 Å². The van der Waals surface area contributed by atoms with Crippen LogP contribution in [0.2, 0.25) is 0 Å². The van der Waals surface area contributed by atoms with Crippen LogP contribution in [-0.2, 0) is 11.3 Å². The van der Waals surface area contributed by atoms with Gasteiger partial charge in [-0.1, -0.05) is 42.5 Å². The first-order valence-electron chi connectivity index (χ1n) is 13.4. The van der Waals surface area contributed by atoms with Gasteiger partial charge in [-0.25, -0.2) is 9.50 Å². The number of rotatable bonds is 6. The van der Waals surface area contributed by atoms with Crippen LogP contribution in [0.25, 0.3) is 27.5 Å². The van der Waals surface area contributed by atoms with Gasteiger partial charge in [0.25, 0.3) is 0 Å². The van der Waals surface area contributed by atoms with Crippen molar-refractivity contribution >= 4 is 28.1 Å². The fourth-order valence-corrected chi connectivity index (χ4v) is 5.66. The Labute approximate surface area is 227 Å². The van der Waals surface area contributed by atoms with Crippen LogP contribution in [0.4, 0.5) is 5.82 Å². The molecule has 9 nitrogen and oxygen atoms in total. The largest absolute Gasteiger partial charge is 0.382 e. The number of likely N-dealkylation sites (N-methyl/N-ethyl adjacent to an activating group) is 1. The third kappa shape index (κ3) is 4.74. The highest BCUT2D eigenvalue weighted by Gasteiger charge is 2.27. The molecule has 0 bridgehead atoms. The predicted molar refractivity (Wildman–Crippen MR) is 154 cm³/mol. The number of carbonyl (C=O) groups excluding carboxylic acids is 1. The van der Waals surface area contributed by atoms with E-state index < -0.39 is 0 Å². The van der Waals surface area contributed by atoms with Gasteiger partial charge < -0.3 is 10.6 Å². The van der Waals surface area contributed by atoms with E-state index in [-0.39, 0.29) is 5.91 Å². The van der Waals surface area contributed by atoms with Crippen LogP contribution in [0.3, 0.4) is 0 Å². The van der Waals surface area contributed by atoms with Gasteiger partial charge in [-0.2, -0.15) is 10.2 Å². The van der Waals surface area contributed by atoms with Crippen LogP contribution >= 0.6 is 0 Å². The van der Waals surface area contributed by atoms with E-state index in [0.29, 0.717) is 18.3 Å². The summed E-state index contributed by atoms with van der Waals surface area (Å²) in [4.78, 5) is 20.4. The number of nitrogens with two attached hydrogens (primary N) is 1. The number of hydrogen-bond acceptors (Lipinski definition) is 6. The third-order valence-electron chi connectivity index (χ3n) is 7.96. The highest BCUT2D eigenvalue weighted by atomic mass is 16.2. The van der Waals surface area contributed by atoms with Gasteiger partial charge in [-0.15, -0.1) is 0 Å². The van der Waals surface area contributed by atoms with Crippen LogP contribution in [-0.4, -0.2) is 73.8 Å². The lowest BCUT2D eigenvalue weighted by atomic mass is 9.93. The fourth-order valence-electron chi connectivity index (χ4n) is 5.66. The quantitative estimate of drug-likeness (QED) is 0.363. The van der Waals surface area contributed by atoms with Crippen LogP contribution in [0.1, 0.15) is 35.7 Å². The van der Waals surface area contributed by atoms with Crippen molar-refractivity contribution in [1.29, 1.82) is 0 Å². The highest BCUT2D eigenvalue weighted by molar-refractivity contribution is 5.93. The Hall–Kier alpha value is -4.24. The minimum Gasteiger partial charge on any atom is -0.382 e. The molecule has 0 atom stereocenters. The third-order valence-corrected chi connectivity index (χ3v) is 7.96. The van der Waals surface area contributed by atoms with Crippen molar-refractivity contribution in [3.8, 4) is 11.1 Å². The second-order valence-corrected chi connectivity index (χ2v) is 10.7.